The van der Waals surface area contributed by atoms with Crippen LogP contribution in [0.5, 0.6) is 0 Å². The minimum atomic E-state index is 0.400. The molecular formula is C17H25N3. The van der Waals surface area contributed by atoms with Gasteiger partial charge in [-0.1, -0.05) is 12.1 Å². The monoisotopic (exact) mass is 271 g/mol. The van der Waals surface area contributed by atoms with E-state index in [1.54, 1.807) is 0 Å². The number of hydrogen-bond donors (Lipinski definition) is 1. The van der Waals surface area contributed by atoms with Gasteiger partial charge in [-0.25, -0.2) is 4.98 Å². The van der Waals surface area contributed by atoms with Crippen molar-refractivity contribution in [2.75, 3.05) is 6.54 Å². The standard InChI is InChI=1S/C17H25N3/c1-13-10-15(3)17(11-14(13)2)16(4)19-6-5-8-20-9-7-18-12-20/h7,9-12,16,19H,5-6,8H2,1-4H3. The van der Waals surface area contributed by atoms with Crippen molar-refractivity contribution in [3.63, 3.8) is 0 Å². The molecule has 0 aliphatic rings. The molecule has 0 saturated carbocycles. The maximum Gasteiger partial charge on any atom is 0.0945 e. The lowest BCUT2D eigenvalue weighted by Gasteiger charge is -2.18. The van der Waals surface area contributed by atoms with Gasteiger partial charge in [-0.05, 0) is 62.9 Å². The lowest BCUT2D eigenvalue weighted by molar-refractivity contribution is 0.525. The van der Waals surface area contributed by atoms with Crippen molar-refractivity contribution in [3.8, 4) is 0 Å². The van der Waals surface area contributed by atoms with Gasteiger partial charge in [0.1, 0.15) is 0 Å². The Kier molecular flexibility index (Phi) is 4.96. The minimum Gasteiger partial charge on any atom is -0.337 e. The van der Waals surface area contributed by atoms with Crippen LogP contribution < -0.4 is 5.32 Å². The van der Waals surface area contributed by atoms with Gasteiger partial charge in [0.05, 0.1) is 6.33 Å². The third kappa shape index (κ3) is 3.70. The van der Waals surface area contributed by atoms with Gasteiger partial charge < -0.3 is 9.88 Å². The van der Waals surface area contributed by atoms with Crippen LogP contribution in [-0.4, -0.2) is 16.1 Å². The Labute approximate surface area is 122 Å². The molecule has 0 amide bonds. The number of hydrogen-bond acceptors (Lipinski definition) is 2. The predicted octanol–water partition coefficient (Wildman–Crippen LogP) is 3.55. The second-order valence-electron chi connectivity index (χ2n) is 5.62. The van der Waals surface area contributed by atoms with Crippen LogP contribution in [-0.2, 0) is 6.54 Å². The van der Waals surface area contributed by atoms with Gasteiger partial charge >= 0.3 is 0 Å². The first-order valence-corrected chi connectivity index (χ1v) is 7.35. The van der Waals surface area contributed by atoms with E-state index in [2.05, 4.69) is 54.7 Å². The zero-order valence-corrected chi connectivity index (χ0v) is 13.0. The third-order valence-electron chi connectivity index (χ3n) is 3.95. The van der Waals surface area contributed by atoms with Gasteiger partial charge in [0, 0.05) is 25.0 Å². The summed E-state index contributed by atoms with van der Waals surface area (Å²) in [6.45, 7) is 10.8. The molecule has 1 heterocycles. The second-order valence-corrected chi connectivity index (χ2v) is 5.62. The molecule has 2 rings (SSSR count). The smallest absolute Gasteiger partial charge is 0.0945 e. The van der Waals surface area contributed by atoms with E-state index in [9.17, 15) is 0 Å². The quantitative estimate of drug-likeness (QED) is 0.814. The van der Waals surface area contributed by atoms with E-state index in [1.807, 2.05) is 18.7 Å². The van der Waals surface area contributed by atoms with Crippen molar-refractivity contribution in [2.45, 2.75) is 46.7 Å². The minimum absolute atomic E-state index is 0.400. The van der Waals surface area contributed by atoms with Gasteiger partial charge in [0.25, 0.3) is 0 Å². The molecule has 3 heteroatoms. The Morgan fingerprint density at radius 1 is 1.15 bits per heavy atom. The zero-order valence-electron chi connectivity index (χ0n) is 13.0. The molecule has 0 aliphatic heterocycles. The number of benzene rings is 1. The van der Waals surface area contributed by atoms with Crippen molar-refractivity contribution in [1.82, 2.24) is 14.9 Å². The molecule has 0 saturated heterocycles. The molecular weight excluding hydrogens is 246 g/mol. The van der Waals surface area contributed by atoms with Crippen LogP contribution in [0.2, 0.25) is 0 Å². The van der Waals surface area contributed by atoms with Crippen LogP contribution in [0.3, 0.4) is 0 Å². The molecule has 1 unspecified atom stereocenters. The van der Waals surface area contributed by atoms with E-state index in [0.717, 1.165) is 19.5 Å². The molecule has 108 valence electrons. The predicted molar refractivity (Wildman–Crippen MR) is 83.9 cm³/mol. The first-order chi connectivity index (χ1) is 9.58. The van der Waals surface area contributed by atoms with E-state index in [-0.39, 0.29) is 0 Å². The molecule has 1 N–H and O–H groups in total. The van der Waals surface area contributed by atoms with Crippen LogP contribution in [0.25, 0.3) is 0 Å². The van der Waals surface area contributed by atoms with Gasteiger partial charge in [-0.3, -0.25) is 0 Å². The topological polar surface area (TPSA) is 29.9 Å². The molecule has 3 nitrogen and oxygen atoms in total. The van der Waals surface area contributed by atoms with Crippen LogP contribution in [0.1, 0.15) is 41.6 Å². The summed E-state index contributed by atoms with van der Waals surface area (Å²) in [5.41, 5.74) is 5.54. The molecule has 1 aromatic carbocycles. The number of nitrogens with zero attached hydrogens (tertiary/aromatic N) is 2. The summed E-state index contributed by atoms with van der Waals surface area (Å²) in [6.07, 6.45) is 6.83. The third-order valence-corrected chi connectivity index (χ3v) is 3.95. The lowest BCUT2D eigenvalue weighted by Crippen LogP contribution is -2.21. The highest BCUT2D eigenvalue weighted by molar-refractivity contribution is 5.37. The fraction of sp³-hybridized carbons (Fsp3) is 0.471. The van der Waals surface area contributed by atoms with E-state index >= 15 is 0 Å². The van der Waals surface area contributed by atoms with Crippen molar-refractivity contribution >= 4 is 0 Å². The molecule has 0 aliphatic carbocycles. The summed E-state index contributed by atoms with van der Waals surface area (Å²) < 4.78 is 2.12. The van der Waals surface area contributed by atoms with Gasteiger partial charge in [-0.15, -0.1) is 0 Å². The number of nitrogens with one attached hydrogen (secondary N) is 1. The summed E-state index contributed by atoms with van der Waals surface area (Å²) in [5, 5.41) is 3.62. The van der Waals surface area contributed by atoms with Crippen LogP contribution in [0, 0.1) is 20.8 Å². The number of rotatable bonds is 6. The molecule has 0 spiro atoms. The van der Waals surface area contributed by atoms with Gasteiger partial charge in [0.2, 0.25) is 0 Å². The summed E-state index contributed by atoms with van der Waals surface area (Å²) in [4.78, 5) is 4.06. The average Bonchev–Trinajstić information content (AvgIpc) is 2.92. The van der Waals surface area contributed by atoms with Crippen molar-refractivity contribution in [2.24, 2.45) is 0 Å². The summed E-state index contributed by atoms with van der Waals surface area (Å²) in [5.74, 6) is 0. The maximum atomic E-state index is 4.06. The Bertz CT molecular complexity index is 544. The molecule has 20 heavy (non-hydrogen) atoms. The Morgan fingerprint density at radius 3 is 2.60 bits per heavy atom. The highest BCUT2D eigenvalue weighted by Crippen LogP contribution is 2.21. The average molecular weight is 271 g/mol. The Hall–Kier alpha value is -1.61. The van der Waals surface area contributed by atoms with E-state index < -0.39 is 0 Å². The van der Waals surface area contributed by atoms with Gasteiger partial charge in [0.15, 0.2) is 0 Å². The zero-order chi connectivity index (χ0) is 14.5. The van der Waals surface area contributed by atoms with Crippen molar-refractivity contribution in [3.05, 3.63) is 53.1 Å². The molecule has 2 aromatic rings. The van der Waals surface area contributed by atoms with Crippen molar-refractivity contribution < 1.29 is 0 Å². The lowest BCUT2D eigenvalue weighted by atomic mass is 9.96. The molecule has 0 bridgehead atoms. The largest absolute Gasteiger partial charge is 0.337 e. The molecule has 1 atom stereocenters. The number of aryl methyl sites for hydroxylation is 4. The van der Waals surface area contributed by atoms with E-state index in [0.29, 0.717) is 6.04 Å². The van der Waals surface area contributed by atoms with Crippen molar-refractivity contribution in [1.29, 1.82) is 0 Å². The fourth-order valence-corrected chi connectivity index (χ4v) is 2.56. The first kappa shape index (κ1) is 14.8. The summed E-state index contributed by atoms with van der Waals surface area (Å²) >= 11 is 0. The van der Waals surface area contributed by atoms with E-state index in [4.69, 9.17) is 0 Å². The Balaban J connectivity index is 1.85. The fourth-order valence-electron chi connectivity index (χ4n) is 2.56. The van der Waals surface area contributed by atoms with Crippen LogP contribution >= 0.6 is 0 Å². The highest BCUT2D eigenvalue weighted by Gasteiger charge is 2.09. The van der Waals surface area contributed by atoms with Crippen LogP contribution in [0.15, 0.2) is 30.9 Å². The first-order valence-electron chi connectivity index (χ1n) is 7.35. The second kappa shape index (κ2) is 6.71. The molecule has 0 fully saturated rings. The summed E-state index contributed by atoms with van der Waals surface area (Å²) in [6, 6.07) is 5.00. The Morgan fingerprint density at radius 2 is 1.90 bits per heavy atom. The van der Waals surface area contributed by atoms with Crippen LogP contribution in [0.4, 0.5) is 0 Å². The van der Waals surface area contributed by atoms with Gasteiger partial charge in [-0.2, -0.15) is 0 Å². The number of imidazole rings is 1. The normalized spacial score (nSPS) is 12.6. The SMILES string of the molecule is Cc1cc(C)c(C(C)NCCCn2ccnc2)cc1C. The molecule has 0 radical (unpaired) electrons. The summed E-state index contributed by atoms with van der Waals surface area (Å²) in [7, 11) is 0. The highest BCUT2D eigenvalue weighted by atomic mass is 15.0. The van der Waals surface area contributed by atoms with E-state index in [1.165, 1.54) is 22.3 Å². The molecule has 1 aromatic heterocycles. The maximum absolute atomic E-state index is 4.06. The number of aromatic nitrogens is 2.